The summed E-state index contributed by atoms with van der Waals surface area (Å²) in [5, 5.41) is 17.9. The lowest BCUT2D eigenvalue weighted by Gasteiger charge is -2.16. The molecule has 0 saturated carbocycles. The molecule has 25 heavy (non-hydrogen) atoms. The molecule has 2 heterocycles. The SMILES string of the molecule is N[C@H](CCCCNC(=O)CCCC[C@@H]1SC[C@H]2NC(=O)N[C@H]12)C(=O)O. The molecule has 2 fully saturated rings. The highest BCUT2D eigenvalue weighted by atomic mass is 32.2. The average molecular weight is 372 g/mol. The molecule has 2 saturated heterocycles. The highest BCUT2D eigenvalue weighted by Crippen LogP contribution is 2.33. The number of nitrogens with two attached hydrogens (primary N) is 1. The maximum atomic E-state index is 11.8. The summed E-state index contributed by atoms with van der Waals surface area (Å²) in [4.78, 5) is 33.7. The highest BCUT2D eigenvalue weighted by molar-refractivity contribution is 8.00. The van der Waals surface area contributed by atoms with Gasteiger partial charge in [0.25, 0.3) is 0 Å². The van der Waals surface area contributed by atoms with Crippen molar-refractivity contribution in [2.75, 3.05) is 12.3 Å². The molecule has 0 aliphatic carbocycles. The van der Waals surface area contributed by atoms with Gasteiger partial charge < -0.3 is 26.8 Å². The van der Waals surface area contributed by atoms with Crippen LogP contribution in [0.3, 0.4) is 0 Å². The molecule has 4 atom stereocenters. The summed E-state index contributed by atoms with van der Waals surface area (Å²) in [7, 11) is 0. The Hall–Kier alpha value is -1.48. The van der Waals surface area contributed by atoms with Gasteiger partial charge in [0, 0.05) is 24.0 Å². The molecule has 142 valence electrons. The predicted octanol–water partition coefficient (Wildman–Crippen LogP) is 0.411. The summed E-state index contributed by atoms with van der Waals surface area (Å²) < 4.78 is 0. The number of hydrogen-bond acceptors (Lipinski definition) is 5. The van der Waals surface area contributed by atoms with Gasteiger partial charge in [-0.3, -0.25) is 9.59 Å². The van der Waals surface area contributed by atoms with Crippen molar-refractivity contribution in [2.45, 2.75) is 68.3 Å². The van der Waals surface area contributed by atoms with Gasteiger partial charge in [-0.25, -0.2) is 4.79 Å². The van der Waals surface area contributed by atoms with Gasteiger partial charge in [0.1, 0.15) is 6.04 Å². The predicted molar refractivity (Wildman–Crippen MR) is 96.4 cm³/mol. The summed E-state index contributed by atoms with van der Waals surface area (Å²) in [6.45, 7) is 0.561. The van der Waals surface area contributed by atoms with Gasteiger partial charge in [-0.1, -0.05) is 6.42 Å². The Morgan fingerprint density at radius 2 is 2.08 bits per heavy atom. The molecule has 0 radical (unpaired) electrons. The average Bonchev–Trinajstić information content (AvgIpc) is 3.10. The van der Waals surface area contributed by atoms with E-state index >= 15 is 0 Å². The number of carbonyl (C=O) groups is 3. The van der Waals surface area contributed by atoms with E-state index in [1.54, 1.807) is 0 Å². The Morgan fingerprint density at radius 3 is 2.84 bits per heavy atom. The fourth-order valence-electron chi connectivity index (χ4n) is 3.20. The molecule has 0 spiro atoms. The van der Waals surface area contributed by atoms with E-state index in [4.69, 9.17) is 10.8 Å². The van der Waals surface area contributed by atoms with Gasteiger partial charge in [-0.15, -0.1) is 0 Å². The number of fused-ring (bicyclic) bond motifs is 1. The molecule has 2 rings (SSSR count). The first-order valence-corrected chi connectivity index (χ1v) is 9.96. The number of carbonyl (C=O) groups excluding carboxylic acids is 2. The second-order valence-corrected chi connectivity index (χ2v) is 7.93. The van der Waals surface area contributed by atoms with Gasteiger partial charge in [-0.05, 0) is 32.1 Å². The van der Waals surface area contributed by atoms with Crippen LogP contribution in [0.25, 0.3) is 0 Å². The Kier molecular flexibility index (Phi) is 7.83. The second kappa shape index (κ2) is 9.86. The summed E-state index contributed by atoms with van der Waals surface area (Å²) in [6, 6.07) is -0.406. The molecule has 0 aromatic carbocycles. The third kappa shape index (κ3) is 6.39. The smallest absolute Gasteiger partial charge is 0.320 e. The van der Waals surface area contributed by atoms with E-state index in [-0.39, 0.29) is 24.0 Å². The topological polar surface area (TPSA) is 134 Å². The van der Waals surface area contributed by atoms with Crippen molar-refractivity contribution < 1.29 is 19.5 Å². The van der Waals surface area contributed by atoms with Gasteiger partial charge in [0.05, 0.1) is 12.1 Å². The largest absolute Gasteiger partial charge is 0.480 e. The van der Waals surface area contributed by atoms with Crippen LogP contribution in [0.5, 0.6) is 0 Å². The lowest BCUT2D eigenvalue weighted by atomic mass is 10.0. The van der Waals surface area contributed by atoms with Gasteiger partial charge in [0.2, 0.25) is 5.91 Å². The molecule has 3 amide bonds. The van der Waals surface area contributed by atoms with Crippen LogP contribution in [0.1, 0.15) is 44.9 Å². The minimum atomic E-state index is -0.983. The van der Waals surface area contributed by atoms with Crippen LogP contribution in [0, 0.1) is 0 Å². The van der Waals surface area contributed by atoms with Crippen molar-refractivity contribution in [2.24, 2.45) is 5.73 Å². The molecule has 2 aliphatic heterocycles. The van der Waals surface area contributed by atoms with E-state index in [9.17, 15) is 14.4 Å². The highest BCUT2D eigenvalue weighted by Gasteiger charge is 2.42. The third-order valence-corrected chi connectivity index (χ3v) is 6.17. The van der Waals surface area contributed by atoms with Gasteiger partial charge in [0.15, 0.2) is 0 Å². The maximum Gasteiger partial charge on any atom is 0.320 e. The Labute approximate surface area is 152 Å². The fourth-order valence-corrected chi connectivity index (χ4v) is 4.75. The van der Waals surface area contributed by atoms with Crippen LogP contribution >= 0.6 is 11.8 Å². The molecule has 0 aromatic heterocycles. The van der Waals surface area contributed by atoms with E-state index < -0.39 is 12.0 Å². The summed E-state index contributed by atoms with van der Waals surface area (Å²) in [5.74, 6) is 0.0131. The first kappa shape index (κ1) is 19.8. The molecule has 9 heteroatoms. The van der Waals surface area contributed by atoms with Crippen molar-refractivity contribution >= 4 is 29.7 Å². The second-order valence-electron chi connectivity index (χ2n) is 6.66. The third-order valence-electron chi connectivity index (χ3n) is 4.66. The van der Waals surface area contributed by atoms with Crippen molar-refractivity contribution in [3.05, 3.63) is 0 Å². The minimum absolute atomic E-state index is 0.0373. The zero-order valence-corrected chi connectivity index (χ0v) is 15.1. The minimum Gasteiger partial charge on any atom is -0.480 e. The number of urea groups is 1. The molecular formula is C16H28N4O4S. The molecule has 0 unspecified atom stereocenters. The first-order valence-electron chi connectivity index (χ1n) is 8.91. The number of aliphatic carboxylic acids is 1. The van der Waals surface area contributed by atoms with Crippen molar-refractivity contribution in [1.82, 2.24) is 16.0 Å². The molecule has 6 N–H and O–H groups in total. The van der Waals surface area contributed by atoms with Crippen LogP contribution in [0.2, 0.25) is 0 Å². The zero-order chi connectivity index (χ0) is 18.2. The van der Waals surface area contributed by atoms with Crippen LogP contribution < -0.4 is 21.7 Å². The van der Waals surface area contributed by atoms with Gasteiger partial charge in [-0.2, -0.15) is 11.8 Å². The Bertz CT molecular complexity index is 491. The standard InChI is InChI=1S/C16H28N4O4S/c17-10(15(22)23)5-3-4-8-18-13(21)7-2-1-6-12-14-11(9-25-12)19-16(24)20-14/h10-12,14H,1-9,17H2,(H,18,21)(H,22,23)(H2,19,20,24)/t10-,11-,12+,14+/m1/s1. The lowest BCUT2D eigenvalue weighted by Crippen LogP contribution is -2.36. The summed E-state index contributed by atoms with van der Waals surface area (Å²) in [5.41, 5.74) is 5.42. The number of unbranched alkanes of at least 4 members (excludes halogenated alkanes) is 2. The number of hydrogen-bond donors (Lipinski definition) is 5. The van der Waals surface area contributed by atoms with Crippen LogP contribution in [-0.2, 0) is 9.59 Å². The molecular weight excluding hydrogens is 344 g/mol. The number of carboxylic acids is 1. The van der Waals surface area contributed by atoms with Gasteiger partial charge >= 0.3 is 12.0 Å². The van der Waals surface area contributed by atoms with E-state index in [0.717, 1.165) is 31.4 Å². The Morgan fingerprint density at radius 1 is 1.28 bits per heavy atom. The van der Waals surface area contributed by atoms with E-state index in [2.05, 4.69) is 16.0 Å². The van der Waals surface area contributed by atoms with E-state index in [0.29, 0.717) is 31.1 Å². The van der Waals surface area contributed by atoms with Crippen LogP contribution in [-0.4, -0.2) is 58.7 Å². The maximum absolute atomic E-state index is 11.8. The molecule has 8 nitrogen and oxygen atoms in total. The molecule has 2 aliphatic rings. The number of thioether (sulfide) groups is 1. The zero-order valence-electron chi connectivity index (χ0n) is 14.3. The monoisotopic (exact) mass is 372 g/mol. The van der Waals surface area contributed by atoms with E-state index in [1.807, 2.05) is 11.8 Å². The Balaban J connectivity index is 1.46. The first-order chi connectivity index (χ1) is 12.0. The molecule has 0 aromatic rings. The summed E-state index contributed by atoms with van der Waals surface area (Å²) >= 11 is 1.89. The van der Waals surface area contributed by atoms with Crippen LogP contribution in [0.4, 0.5) is 4.79 Å². The lowest BCUT2D eigenvalue weighted by molar-refractivity contribution is -0.138. The fraction of sp³-hybridized carbons (Fsp3) is 0.812. The van der Waals surface area contributed by atoms with Crippen molar-refractivity contribution in [3.63, 3.8) is 0 Å². The van der Waals surface area contributed by atoms with Crippen molar-refractivity contribution in [1.29, 1.82) is 0 Å². The number of amides is 3. The summed E-state index contributed by atoms with van der Waals surface area (Å²) in [6.07, 6.45) is 5.18. The van der Waals surface area contributed by atoms with E-state index in [1.165, 1.54) is 0 Å². The number of rotatable bonds is 11. The quantitative estimate of drug-likeness (QED) is 0.263. The molecule has 0 bridgehead atoms. The van der Waals surface area contributed by atoms with Crippen molar-refractivity contribution in [3.8, 4) is 0 Å². The number of carboxylic acid groups (broad SMARTS) is 1. The number of nitrogens with one attached hydrogen (secondary N) is 3. The normalized spacial score (nSPS) is 25.8. The van der Waals surface area contributed by atoms with Crippen LogP contribution in [0.15, 0.2) is 0 Å².